The number of nitrogens with one attached hydrogen (secondary N) is 1. The van der Waals surface area contributed by atoms with Gasteiger partial charge >= 0.3 is 0 Å². The van der Waals surface area contributed by atoms with Gasteiger partial charge in [0.25, 0.3) is 0 Å². The third kappa shape index (κ3) is 3.40. The van der Waals surface area contributed by atoms with Crippen molar-refractivity contribution in [3.63, 3.8) is 0 Å². The lowest BCUT2D eigenvalue weighted by molar-refractivity contribution is 0.0957. The van der Waals surface area contributed by atoms with Crippen molar-refractivity contribution in [3.8, 4) is 0 Å². The van der Waals surface area contributed by atoms with Crippen LogP contribution in [0.25, 0.3) is 0 Å². The fraction of sp³-hybridized carbons (Fsp3) is 0.533. The van der Waals surface area contributed by atoms with Gasteiger partial charge in [-0.15, -0.1) is 0 Å². The van der Waals surface area contributed by atoms with Crippen LogP contribution in [0.2, 0.25) is 0 Å². The molecule has 0 spiro atoms. The van der Waals surface area contributed by atoms with Gasteiger partial charge in [0.05, 0.1) is 0 Å². The van der Waals surface area contributed by atoms with Crippen LogP contribution >= 0.6 is 0 Å². The van der Waals surface area contributed by atoms with E-state index < -0.39 is 0 Å². The second-order valence-corrected chi connectivity index (χ2v) is 4.99. The molecule has 1 aromatic carbocycles. The number of aryl methyl sites for hydroxylation is 1. The van der Waals surface area contributed by atoms with Gasteiger partial charge in [0, 0.05) is 12.0 Å². The molecule has 1 aromatic rings. The highest BCUT2D eigenvalue weighted by atomic mass is 16.1. The van der Waals surface area contributed by atoms with Crippen molar-refractivity contribution in [2.75, 3.05) is 13.1 Å². The smallest absolute Gasteiger partial charge is 0.163 e. The first-order chi connectivity index (χ1) is 8.27. The molecular weight excluding hydrogens is 210 g/mol. The summed E-state index contributed by atoms with van der Waals surface area (Å²) in [5.74, 6) is 0.882. The molecule has 17 heavy (non-hydrogen) atoms. The van der Waals surface area contributed by atoms with Crippen LogP contribution in [-0.2, 0) is 0 Å². The maximum absolute atomic E-state index is 12.2. The van der Waals surface area contributed by atoms with Crippen molar-refractivity contribution in [1.29, 1.82) is 0 Å². The lowest BCUT2D eigenvalue weighted by Crippen LogP contribution is -2.15. The van der Waals surface area contributed by atoms with Crippen LogP contribution in [0.3, 0.4) is 0 Å². The van der Waals surface area contributed by atoms with Crippen LogP contribution in [0.4, 0.5) is 0 Å². The molecule has 0 aliphatic carbocycles. The Bertz CT molecular complexity index is 378. The van der Waals surface area contributed by atoms with Gasteiger partial charge in [0.1, 0.15) is 0 Å². The third-order valence-corrected chi connectivity index (χ3v) is 3.61. The first-order valence-electron chi connectivity index (χ1n) is 6.57. The Morgan fingerprint density at radius 1 is 1.29 bits per heavy atom. The van der Waals surface area contributed by atoms with Gasteiger partial charge < -0.3 is 5.32 Å². The highest BCUT2D eigenvalue weighted by molar-refractivity contribution is 5.97. The molecule has 1 N–H and O–H groups in total. The van der Waals surface area contributed by atoms with E-state index in [1.807, 2.05) is 31.2 Å². The number of carbonyl (C=O) groups is 1. The predicted molar refractivity (Wildman–Crippen MR) is 70.3 cm³/mol. The van der Waals surface area contributed by atoms with Crippen molar-refractivity contribution in [3.05, 3.63) is 35.4 Å². The quantitative estimate of drug-likeness (QED) is 0.810. The van der Waals surface area contributed by atoms with E-state index in [0.717, 1.165) is 30.6 Å². The van der Waals surface area contributed by atoms with Crippen molar-refractivity contribution < 1.29 is 4.79 Å². The summed E-state index contributed by atoms with van der Waals surface area (Å²) >= 11 is 0. The molecule has 1 atom stereocenters. The van der Waals surface area contributed by atoms with Crippen molar-refractivity contribution in [2.24, 2.45) is 5.92 Å². The molecule has 2 nitrogen and oxygen atoms in total. The normalized spacial score (nSPS) is 20.9. The molecule has 2 heteroatoms. The Hall–Kier alpha value is -1.15. The van der Waals surface area contributed by atoms with Crippen LogP contribution in [0.5, 0.6) is 0 Å². The van der Waals surface area contributed by atoms with E-state index in [1.54, 1.807) is 0 Å². The molecule has 0 aromatic heterocycles. The Morgan fingerprint density at radius 2 is 2.12 bits per heavy atom. The predicted octanol–water partition coefficient (Wildman–Crippen LogP) is 2.96. The summed E-state index contributed by atoms with van der Waals surface area (Å²) in [7, 11) is 0. The maximum Gasteiger partial charge on any atom is 0.163 e. The molecule has 0 amide bonds. The van der Waals surface area contributed by atoms with Gasteiger partial charge in [0.2, 0.25) is 0 Å². The van der Waals surface area contributed by atoms with Crippen LogP contribution < -0.4 is 5.32 Å². The van der Waals surface area contributed by atoms with Gasteiger partial charge in [-0.25, -0.2) is 0 Å². The number of hydrogen-bond acceptors (Lipinski definition) is 2. The highest BCUT2D eigenvalue weighted by Crippen LogP contribution is 2.21. The van der Waals surface area contributed by atoms with Crippen molar-refractivity contribution >= 4 is 5.78 Å². The van der Waals surface area contributed by atoms with Gasteiger partial charge in [-0.05, 0) is 50.8 Å². The van der Waals surface area contributed by atoms with E-state index in [2.05, 4.69) is 5.32 Å². The van der Waals surface area contributed by atoms with Gasteiger partial charge in [-0.2, -0.15) is 0 Å². The number of carbonyl (C=O) groups excluding carboxylic acids is 1. The summed E-state index contributed by atoms with van der Waals surface area (Å²) in [4.78, 5) is 12.2. The Kier molecular flexibility index (Phi) is 4.32. The molecule has 1 fully saturated rings. The fourth-order valence-electron chi connectivity index (χ4n) is 2.55. The maximum atomic E-state index is 12.2. The summed E-state index contributed by atoms with van der Waals surface area (Å²) in [5, 5.41) is 3.39. The largest absolute Gasteiger partial charge is 0.317 e. The number of Topliss-reactive ketones (excluding diaryl/α,β-unsaturated/α-hetero) is 1. The summed E-state index contributed by atoms with van der Waals surface area (Å²) in [6.45, 7) is 4.18. The highest BCUT2D eigenvalue weighted by Gasteiger charge is 2.17. The number of benzene rings is 1. The lowest BCUT2D eigenvalue weighted by atomic mass is 9.91. The Balaban J connectivity index is 1.98. The standard InChI is InChI=1S/C15H21NO/c1-12-5-2-3-7-14(12)15(17)11-13-6-4-9-16-10-8-13/h2-3,5,7,13,16H,4,6,8-11H2,1H3. The average molecular weight is 231 g/mol. The monoisotopic (exact) mass is 231 g/mol. The van der Waals surface area contributed by atoms with Crippen LogP contribution in [0, 0.1) is 12.8 Å². The lowest BCUT2D eigenvalue weighted by Gasteiger charge is -2.13. The SMILES string of the molecule is Cc1ccccc1C(=O)CC1CCCNCC1. The Labute approximate surface area is 103 Å². The van der Waals surface area contributed by atoms with E-state index >= 15 is 0 Å². The molecule has 1 aliphatic heterocycles. The van der Waals surface area contributed by atoms with Gasteiger partial charge in [-0.3, -0.25) is 4.79 Å². The Morgan fingerprint density at radius 3 is 2.94 bits per heavy atom. The molecule has 0 bridgehead atoms. The summed E-state index contributed by atoms with van der Waals surface area (Å²) in [6, 6.07) is 7.91. The minimum Gasteiger partial charge on any atom is -0.317 e. The summed E-state index contributed by atoms with van der Waals surface area (Å²) in [6.07, 6.45) is 4.24. The van der Waals surface area contributed by atoms with Crippen LogP contribution in [0.1, 0.15) is 41.6 Å². The topological polar surface area (TPSA) is 29.1 Å². The molecular formula is C15H21NO. The second kappa shape index (κ2) is 5.97. The first kappa shape index (κ1) is 12.3. The number of ketones is 1. The van der Waals surface area contributed by atoms with E-state index in [1.165, 1.54) is 12.8 Å². The molecule has 0 saturated carbocycles. The van der Waals surface area contributed by atoms with Gasteiger partial charge in [-0.1, -0.05) is 24.3 Å². The summed E-state index contributed by atoms with van der Waals surface area (Å²) in [5.41, 5.74) is 2.01. The molecule has 1 aliphatic rings. The van der Waals surface area contributed by atoms with E-state index in [4.69, 9.17) is 0 Å². The van der Waals surface area contributed by atoms with Crippen molar-refractivity contribution in [1.82, 2.24) is 5.32 Å². The van der Waals surface area contributed by atoms with E-state index in [-0.39, 0.29) is 0 Å². The summed E-state index contributed by atoms with van der Waals surface area (Å²) < 4.78 is 0. The van der Waals surface area contributed by atoms with Crippen LogP contribution in [-0.4, -0.2) is 18.9 Å². The van der Waals surface area contributed by atoms with Crippen molar-refractivity contribution in [2.45, 2.75) is 32.6 Å². The minimum absolute atomic E-state index is 0.315. The zero-order chi connectivity index (χ0) is 12.1. The third-order valence-electron chi connectivity index (χ3n) is 3.61. The fourth-order valence-corrected chi connectivity index (χ4v) is 2.55. The minimum atomic E-state index is 0.315. The number of rotatable bonds is 3. The zero-order valence-corrected chi connectivity index (χ0v) is 10.5. The van der Waals surface area contributed by atoms with E-state index in [0.29, 0.717) is 18.1 Å². The zero-order valence-electron chi connectivity index (χ0n) is 10.5. The molecule has 0 radical (unpaired) electrons. The first-order valence-corrected chi connectivity index (χ1v) is 6.57. The molecule has 92 valence electrons. The molecule has 1 unspecified atom stereocenters. The molecule has 1 saturated heterocycles. The number of hydrogen-bond donors (Lipinski definition) is 1. The van der Waals surface area contributed by atoms with Gasteiger partial charge in [0.15, 0.2) is 5.78 Å². The van der Waals surface area contributed by atoms with Crippen LogP contribution in [0.15, 0.2) is 24.3 Å². The molecule has 2 rings (SSSR count). The second-order valence-electron chi connectivity index (χ2n) is 4.99. The van der Waals surface area contributed by atoms with E-state index in [9.17, 15) is 4.79 Å². The average Bonchev–Trinajstić information content (AvgIpc) is 2.58. The molecule has 1 heterocycles.